The summed E-state index contributed by atoms with van der Waals surface area (Å²) in [5.41, 5.74) is 0. The molecule has 0 radical (unpaired) electrons. The van der Waals surface area contributed by atoms with E-state index in [0.29, 0.717) is 17.2 Å². The van der Waals surface area contributed by atoms with Crippen molar-refractivity contribution in [2.45, 2.75) is 98.8 Å². The van der Waals surface area contributed by atoms with Gasteiger partial charge in [-0.25, -0.2) is 29.4 Å². The molecule has 3 aromatic carbocycles. The van der Waals surface area contributed by atoms with E-state index in [1.54, 1.807) is 68.0 Å². The third-order valence-corrected chi connectivity index (χ3v) is 17.3. The quantitative estimate of drug-likeness (QED) is 0.0440. The van der Waals surface area contributed by atoms with Crippen LogP contribution in [-0.4, -0.2) is 72.6 Å². The summed E-state index contributed by atoms with van der Waals surface area (Å²) in [6.07, 6.45) is 15.9. The molecule has 0 aliphatic heterocycles. The molecular formula is C48H69Cl3N9O9P3S3. The summed E-state index contributed by atoms with van der Waals surface area (Å²) in [6, 6.07) is 25.9. The number of ether oxygens (including phenoxy) is 3. The maximum absolute atomic E-state index is 12.1. The summed E-state index contributed by atoms with van der Waals surface area (Å²) in [5.74, 6) is -2.06. The van der Waals surface area contributed by atoms with Gasteiger partial charge in [-0.3, -0.25) is 14.4 Å². The van der Waals surface area contributed by atoms with Crippen molar-refractivity contribution in [1.29, 1.82) is 0 Å². The van der Waals surface area contributed by atoms with Gasteiger partial charge >= 0.3 is 31.0 Å². The van der Waals surface area contributed by atoms with Gasteiger partial charge in [0.2, 0.25) is 12.7 Å². The first kappa shape index (κ1) is 68.8. The molecule has 0 bridgehead atoms. The Morgan fingerprint density at radius 2 is 0.867 bits per heavy atom. The van der Waals surface area contributed by atoms with Crippen LogP contribution < -0.4 is 62.8 Å². The van der Waals surface area contributed by atoms with Crippen molar-refractivity contribution in [2.75, 3.05) is 0 Å². The molecule has 3 heterocycles. The fourth-order valence-electron chi connectivity index (χ4n) is 5.57. The number of hydrogen-bond donors (Lipinski definition) is 3. The number of hydrogen-bond acceptors (Lipinski definition) is 13. The van der Waals surface area contributed by atoms with Crippen LogP contribution >= 0.6 is 30.1 Å². The number of halogens is 3. The third-order valence-electron chi connectivity index (χ3n) is 8.84. The lowest BCUT2D eigenvalue weighted by atomic mass is 10.3. The number of rotatable bonds is 20. The Balaban J connectivity index is 0.000000527. The van der Waals surface area contributed by atoms with Gasteiger partial charge in [0.25, 0.3) is 5.77 Å². The van der Waals surface area contributed by atoms with Gasteiger partial charge in [0, 0.05) is 43.1 Å². The summed E-state index contributed by atoms with van der Waals surface area (Å²) in [6.45, 7) is 10.4. The minimum Gasteiger partial charge on any atom is -1.00 e. The highest BCUT2D eigenvalue weighted by molar-refractivity contribution is 8.23. The van der Waals surface area contributed by atoms with Crippen LogP contribution in [0.2, 0.25) is 0 Å². The smallest absolute Gasteiger partial charge is 0.367 e. The van der Waals surface area contributed by atoms with Crippen molar-refractivity contribution in [3.8, 4) is 17.2 Å². The van der Waals surface area contributed by atoms with Gasteiger partial charge < -0.3 is 57.2 Å². The van der Waals surface area contributed by atoms with Gasteiger partial charge in [-0.05, 0) is 122 Å². The van der Waals surface area contributed by atoms with Gasteiger partial charge in [-0.1, -0.05) is 54.6 Å². The van der Waals surface area contributed by atoms with Crippen molar-refractivity contribution < 1.29 is 76.1 Å². The number of carbonyl (C=O) groups excluding carboxylic acids is 3. The molecule has 0 saturated heterocycles. The van der Waals surface area contributed by atoms with Crippen molar-refractivity contribution >= 4 is 83.5 Å². The number of aromatic nitrogens is 6. The highest BCUT2D eigenvalue weighted by Gasteiger charge is 2.35. The Labute approximate surface area is 474 Å². The maximum atomic E-state index is 12.1. The normalized spacial score (nSPS) is 14.2. The standard InChI is InChI=1S/2C16H23N3O3PS.C12H17ClNO3PS.C4H6N2.2ClH/c2*1-13(2)21-16(20)14(3)17-23(24,19-11-10-18(4)12-19)22-15-8-6-5-7-9-15;1-9(2)16-12(15)10(3)14-18(13,19)17-11-7-5-4-6-8-11;1-6-3-2-5-4-6;;/h2*5-14H,1-4H3,(H,17,24);4-10H,1-3H3,(H,14,19);2-4H,1H3;2*1H/q2*+1;;;;/p-2/t14-,23+;14-,23-;10-,18?;;;/m000.../s1. The summed E-state index contributed by atoms with van der Waals surface area (Å²) in [5, 5.41) is 9.12. The van der Waals surface area contributed by atoms with Gasteiger partial charge in [-0.2, -0.15) is 8.68 Å². The van der Waals surface area contributed by atoms with E-state index in [-0.39, 0.29) is 55.1 Å². The molecule has 75 heavy (non-hydrogen) atoms. The first-order valence-corrected chi connectivity index (χ1v) is 32.0. The van der Waals surface area contributed by atoms with Crippen molar-refractivity contribution in [3.05, 3.63) is 147 Å². The topological polar surface area (TPSA) is 178 Å². The second-order valence-corrected chi connectivity index (χ2v) is 28.7. The second kappa shape index (κ2) is 33.8. The number of para-hydroxylation sites is 3. The van der Waals surface area contributed by atoms with Crippen LogP contribution in [0.25, 0.3) is 0 Å². The molecule has 0 amide bonds. The van der Waals surface area contributed by atoms with E-state index in [1.165, 1.54) is 0 Å². The zero-order valence-corrected chi connectivity index (χ0v) is 51.3. The number of imidazole rings is 3. The molecule has 0 saturated carbocycles. The number of carbonyl (C=O) groups is 3. The molecule has 0 fully saturated rings. The second-order valence-electron chi connectivity index (χ2n) is 16.9. The predicted molar refractivity (Wildman–Crippen MR) is 297 cm³/mol. The number of nitrogens with zero attached hydrogens (tertiary/aromatic N) is 6. The van der Waals surface area contributed by atoms with Gasteiger partial charge in [0.1, 0.15) is 60.2 Å². The summed E-state index contributed by atoms with van der Waals surface area (Å²) in [4.78, 5) is 39.7. The molecule has 0 aliphatic carbocycles. The number of aryl methyl sites for hydroxylation is 3. The molecule has 1 unspecified atom stereocenters. The molecule has 0 aliphatic rings. The monoisotopic (exact) mass is 1210 g/mol. The molecule has 3 N–H and O–H groups in total. The number of nitrogens with one attached hydrogen (secondary N) is 3. The minimum atomic E-state index is -2.81. The van der Waals surface area contributed by atoms with E-state index in [2.05, 4.69) is 20.2 Å². The predicted octanol–water partition coefficient (Wildman–Crippen LogP) is 2.67. The van der Waals surface area contributed by atoms with E-state index in [4.69, 9.17) is 74.4 Å². The van der Waals surface area contributed by atoms with Crippen LogP contribution in [0.4, 0.5) is 0 Å². The zero-order chi connectivity index (χ0) is 54.4. The Hall–Kier alpha value is -4.20. The van der Waals surface area contributed by atoms with Gasteiger partial charge in [-0.15, -0.1) is 0 Å². The van der Waals surface area contributed by atoms with Crippen LogP contribution in [-0.2, 0) is 85.2 Å². The maximum Gasteiger partial charge on any atom is 0.367 e. The molecule has 6 atom stereocenters. The van der Waals surface area contributed by atoms with Crippen LogP contribution in [0.3, 0.4) is 0 Å². The molecule has 6 rings (SSSR count). The summed E-state index contributed by atoms with van der Waals surface area (Å²) < 4.78 is 42.5. The van der Waals surface area contributed by atoms with E-state index in [1.807, 2.05) is 185 Å². The minimum absolute atomic E-state index is 0. The molecule has 18 nitrogen and oxygen atoms in total. The summed E-state index contributed by atoms with van der Waals surface area (Å²) >= 11 is 22.9. The molecule has 414 valence electrons. The van der Waals surface area contributed by atoms with Crippen molar-refractivity contribution in [1.82, 2.24) is 33.5 Å². The average molecular weight is 1210 g/mol. The number of benzene rings is 3. The van der Waals surface area contributed by atoms with Crippen LogP contribution in [0.15, 0.2) is 147 Å². The largest absolute Gasteiger partial charge is 1.00 e. The fourth-order valence-corrected chi connectivity index (χ4v) is 13.7. The Morgan fingerprint density at radius 1 is 0.547 bits per heavy atom. The van der Waals surface area contributed by atoms with Crippen molar-refractivity contribution in [2.24, 2.45) is 21.1 Å². The lowest BCUT2D eigenvalue weighted by molar-refractivity contribution is -0.670. The van der Waals surface area contributed by atoms with E-state index in [0.717, 1.165) is 0 Å². The highest BCUT2D eigenvalue weighted by atomic mass is 35.7. The Kier molecular flexibility index (Phi) is 31.1. The van der Waals surface area contributed by atoms with Crippen LogP contribution in [0, 0.1) is 0 Å². The average Bonchev–Trinajstić information content (AvgIpc) is 4.10. The lowest BCUT2D eigenvalue weighted by Crippen LogP contribution is -3.00. The van der Waals surface area contributed by atoms with E-state index >= 15 is 0 Å². The Morgan fingerprint density at radius 3 is 1.12 bits per heavy atom. The van der Waals surface area contributed by atoms with Gasteiger partial charge in [0.15, 0.2) is 0 Å². The molecule has 27 heteroatoms. The molecule has 0 spiro atoms. The highest BCUT2D eigenvalue weighted by Crippen LogP contribution is 2.49. The first-order chi connectivity index (χ1) is 34.3. The van der Waals surface area contributed by atoms with Crippen molar-refractivity contribution in [3.63, 3.8) is 0 Å². The summed E-state index contributed by atoms with van der Waals surface area (Å²) in [7, 11) is 5.73. The van der Waals surface area contributed by atoms with E-state index in [9.17, 15) is 14.4 Å². The first-order valence-electron chi connectivity index (χ1n) is 23.0. The van der Waals surface area contributed by atoms with Gasteiger partial charge in [0.05, 0.1) is 38.7 Å². The van der Waals surface area contributed by atoms with E-state index < -0.39 is 43.0 Å². The molecule has 3 aromatic heterocycles. The van der Waals surface area contributed by atoms with Crippen LogP contribution in [0.1, 0.15) is 62.3 Å². The Bertz CT molecular complexity index is 2620. The fraction of sp³-hybridized carbons (Fsp3) is 0.375. The third kappa shape index (κ3) is 26.1. The number of esters is 3. The molecule has 6 aromatic rings. The SMILES string of the molecule is CC(C)OC(=O)[C@H](C)NP(=S)(Cl)Oc1ccccc1.CC(C)OC(=O)[C@H](C)N[P@@](=S)(Oc1ccccc1)n1cc[n+](C)c1.CC(C)OC(=O)[C@H](C)N[P@](=S)(Oc1ccccc1)n1cc[n+](C)c1.Cn1ccnc1.[Cl-].[Cl-]. The zero-order valence-electron chi connectivity index (χ0n) is 43.9. The lowest BCUT2D eigenvalue weighted by Gasteiger charge is -2.23. The molecular weight excluding hydrogens is 1140 g/mol. The van der Waals surface area contributed by atoms with Crippen LogP contribution in [0.5, 0.6) is 17.2 Å².